The van der Waals surface area contributed by atoms with Crippen LogP contribution in [0, 0.1) is 0 Å². The van der Waals surface area contributed by atoms with Gasteiger partial charge in [-0.25, -0.2) is 4.79 Å². The van der Waals surface area contributed by atoms with Crippen LogP contribution in [0.1, 0.15) is 5.56 Å². The zero-order valence-electron chi connectivity index (χ0n) is 10.4. The number of rotatable bonds is 3. The van der Waals surface area contributed by atoms with E-state index in [0.717, 1.165) is 23.1 Å². The molecule has 0 saturated carbocycles. The van der Waals surface area contributed by atoms with Gasteiger partial charge in [-0.1, -0.05) is 18.2 Å². The minimum atomic E-state index is -0.901. The summed E-state index contributed by atoms with van der Waals surface area (Å²) in [6, 6.07) is 7.85. The van der Waals surface area contributed by atoms with Gasteiger partial charge >= 0.3 is 5.97 Å². The molecule has 1 atom stereocenters. The number of carboxylic acid groups (broad SMARTS) is 1. The van der Waals surface area contributed by atoms with E-state index in [1.54, 1.807) is 6.26 Å². The molecular weight excluding hydrogens is 246 g/mol. The molecule has 2 aromatic rings. The minimum absolute atomic E-state index is 0.412. The molecule has 1 saturated heterocycles. The van der Waals surface area contributed by atoms with Gasteiger partial charge < -0.3 is 14.3 Å². The van der Waals surface area contributed by atoms with E-state index in [1.165, 1.54) is 0 Å². The molecule has 0 spiro atoms. The van der Waals surface area contributed by atoms with E-state index in [4.69, 9.17) is 14.3 Å². The van der Waals surface area contributed by atoms with Crippen LogP contribution < -0.4 is 0 Å². The Balaban J connectivity index is 1.76. The van der Waals surface area contributed by atoms with E-state index < -0.39 is 12.1 Å². The summed E-state index contributed by atoms with van der Waals surface area (Å²) in [5.41, 5.74) is 1.95. The van der Waals surface area contributed by atoms with Crippen LogP contribution in [-0.4, -0.2) is 41.8 Å². The van der Waals surface area contributed by atoms with Crippen LogP contribution in [-0.2, 0) is 16.1 Å². The van der Waals surface area contributed by atoms with E-state index in [0.29, 0.717) is 19.7 Å². The maximum absolute atomic E-state index is 10.9. The van der Waals surface area contributed by atoms with Crippen molar-refractivity contribution in [2.24, 2.45) is 0 Å². The van der Waals surface area contributed by atoms with E-state index >= 15 is 0 Å². The zero-order chi connectivity index (χ0) is 13.2. The maximum Gasteiger partial charge on any atom is 0.334 e. The maximum atomic E-state index is 10.9. The van der Waals surface area contributed by atoms with Crippen molar-refractivity contribution in [1.82, 2.24) is 4.90 Å². The van der Waals surface area contributed by atoms with Gasteiger partial charge in [0, 0.05) is 30.6 Å². The molecule has 0 amide bonds. The van der Waals surface area contributed by atoms with Gasteiger partial charge in [-0.15, -0.1) is 0 Å². The fraction of sp³-hybridized carbons (Fsp3) is 0.357. The molecule has 1 aliphatic rings. The topological polar surface area (TPSA) is 62.9 Å². The number of ether oxygens (including phenoxy) is 1. The summed E-state index contributed by atoms with van der Waals surface area (Å²) in [5, 5.41) is 10.1. The molecule has 0 aliphatic carbocycles. The molecule has 1 fully saturated rings. The monoisotopic (exact) mass is 261 g/mol. The number of nitrogens with zero attached hydrogens (tertiary/aromatic N) is 1. The Bertz CT molecular complexity index is 592. The molecule has 5 nitrogen and oxygen atoms in total. The van der Waals surface area contributed by atoms with Crippen LogP contribution in [0.5, 0.6) is 0 Å². The summed E-state index contributed by atoms with van der Waals surface area (Å²) in [6.45, 7) is 2.29. The number of hydrogen-bond donors (Lipinski definition) is 1. The lowest BCUT2D eigenvalue weighted by atomic mass is 10.1. The van der Waals surface area contributed by atoms with Crippen molar-refractivity contribution in [2.75, 3.05) is 19.7 Å². The van der Waals surface area contributed by atoms with Gasteiger partial charge in [0.05, 0.1) is 12.9 Å². The van der Waals surface area contributed by atoms with Crippen LogP contribution >= 0.6 is 0 Å². The predicted molar refractivity (Wildman–Crippen MR) is 68.9 cm³/mol. The molecule has 3 rings (SSSR count). The quantitative estimate of drug-likeness (QED) is 0.911. The molecule has 0 bridgehead atoms. The lowest BCUT2D eigenvalue weighted by molar-refractivity contribution is -0.156. The second-order valence-corrected chi connectivity index (χ2v) is 4.69. The lowest BCUT2D eigenvalue weighted by Gasteiger charge is -2.30. The average Bonchev–Trinajstić information content (AvgIpc) is 2.83. The highest BCUT2D eigenvalue weighted by Gasteiger charge is 2.26. The average molecular weight is 261 g/mol. The van der Waals surface area contributed by atoms with Crippen molar-refractivity contribution in [1.29, 1.82) is 0 Å². The van der Waals surface area contributed by atoms with Gasteiger partial charge in [0.15, 0.2) is 6.10 Å². The van der Waals surface area contributed by atoms with Gasteiger partial charge in [0.2, 0.25) is 0 Å². The molecule has 1 unspecified atom stereocenters. The number of carboxylic acids is 1. The number of aliphatic carboxylic acids is 1. The fourth-order valence-electron chi connectivity index (χ4n) is 2.39. The largest absolute Gasteiger partial charge is 0.479 e. The summed E-state index contributed by atoms with van der Waals surface area (Å²) in [6.07, 6.45) is 1.02. The first-order chi connectivity index (χ1) is 9.24. The second-order valence-electron chi connectivity index (χ2n) is 4.69. The third kappa shape index (κ3) is 2.47. The molecule has 1 aliphatic heterocycles. The minimum Gasteiger partial charge on any atom is -0.479 e. The Labute approximate surface area is 110 Å². The number of hydrogen-bond acceptors (Lipinski definition) is 4. The molecule has 5 heteroatoms. The van der Waals surface area contributed by atoms with Crippen LogP contribution in [0.2, 0.25) is 0 Å². The van der Waals surface area contributed by atoms with Crippen molar-refractivity contribution in [3.8, 4) is 0 Å². The van der Waals surface area contributed by atoms with E-state index in [-0.39, 0.29) is 0 Å². The summed E-state index contributed by atoms with van der Waals surface area (Å²) < 4.78 is 10.7. The van der Waals surface area contributed by atoms with Crippen molar-refractivity contribution >= 4 is 16.9 Å². The highest BCUT2D eigenvalue weighted by atomic mass is 16.5. The van der Waals surface area contributed by atoms with Crippen molar-refractivity contribution in [3.05, 3.63) is 36.1 Å². The van der Waals surface area contributed by atoms with Crippen LogP contribution in [0.3, 0.4) is 0 Å². The third-order valence-corrected chi connectivity index (χ3v) is 3.38. The number of para-hydroxylation sites is 1. The third-order valence-electron chi connectivity index (χ3n) is 3.38. The van der Waals surface area contributed by atoms with E-state index in [1.807, 2.05) is 24.3 Å². The normalized spacial score (nSPS) is 20.7. The first-order valence-electron chi connectivity index (χ1n) is 6.26. The fourth-order valence-corrected chi connectivity index (χ4v) is 2.39. The number of furan rings is 1. The predicted octanol–water partition coefficient (Wildman–Crippen LogP) is 1.72. The number of morpholine rings is 1. The molecular formula is C14H15NO4. The summed E-state index contributed by atoms with van der Waals surface area (Å²) >= 11 is 0. The summed E-state index contributed by atoms with van der Waals surface area (Å²) in [5.74, 6) is -0.901. The standard InChI is InChI=1S/C14H15NO4/c16-14(17)13-8-15(5-6-18-13)7-10-9-19-12-4-2-1-3-11(10)12/h1-4,9,13H,5-8H2,(H,16,17). The molecule has 19 heavy (non-hydrogen) atoms. The highest BCUT2D eigenvalue weighted by Crippen LogP contribution is 2.22. The van der Waals surface area contributed by atoms with Gasteiger partial charge in [-0.05, 0) is 6.07 Å². The number of benzene rings is 1. The van der Waals surface area contributed by atoms with Gasteiger partial charge in [-0.3, -0.25) is 4.90 Å². The van der Waals surface area contributed by atoms with Crippen LogP contribution in [0.15, 0.2) is 34.9 Å². The Kier molecular flexibility index (Phi) is 3.23. The van der Waals surface area contributed by atoms with Crippen molar-refractivity contribution in [2.45, 2.75) is 12.6 Å². The summed E-state index contributed by atoms with van der Waals surface area (Å²) in [7, 11) is 0. The van der Waals surface area contributed by atoms with Crippen LogP contribution in [0.25, 0.3) is 11.0 Å². The summed E-state index contributed by atoms with van der Waals surface area (Å²) in [4.78, 5) is 13.0. The Morgan fingerprint density at radius 3 is 3.11 bits per heavy atom. The Morgan fingerprint density at radius 2 is 2.26 bits per heavy atom. The van der Waals surface area contributed by atoms with Crippen molar-refractivity contribution in [3.63, 3.8) is 0 Å². The Hall–Kier alpha value is -1.85. The van der Waals surface area contributed by atoms with E-state index in [9.17, 15) is 4.79 Å². The first kappa shape index (κ1) is 12.2. The van der Waals surface area contributed by atoms with Crippen molar-refractivity contribution < 1.29 is 19.1 Å². The van der Waals surface area contributed by atoms with Gasteiger partial charge in [-0.2, -0.15) is 0 Å². The Morgan fingerprint density at radius 1 is 1.42 bits per heavy atom. The lowest BCUT2D eigenvalue weighted by Crippen LogP contribution is -2.45. The first-order valence-corrected chi connectivity index (χ1v) is 6.26. The van der Waals surface area contributed by atoms with E-state index in [2.05, 4.69) is 4.90 Å². The van der Waals surface area contributed by atoms with Gasteiger partial charge in [0.25, 0.3) is 0 Å². The molecule has 2 heterocycles. The SMILES string of the molecule is O=C(O)C1CN(Cc2coc3ccccc23)CCO1. The number of fused-ring (bicyclic) bond motifs is 1. The van der Waals surface area contributed by atoms with Gasteiger partial charge in [0.1, 0.15) is 5.58 Å². The highest BCUT2D eigenvalue weighted by molar-refractivity contribution is 5.80. The molecule has 1 N–H and O–H groups in total. The van der Waals surface area contributed by atoms with Crippen LogP contribution in [0.4, 0.5) is 0 Å². The molecule has 0 radical (unpaired) electrons. The molecule has 100 valence electrons. The smallest absolute Gasteiger partial charge is 0.334 e. The molecule has 1 aromatic carbocycles. The second kappa shape index (κ2) is 5.03. The number of carbonyl (C=O) groups is 1. The zero-order valence-corrected chi connectivity index (χ0v) is 10.4. The molecule has 1 aromatic heterocycles.